The fourth-order valence-electron chi connectivity index (χ4n) is 1.77. The molecule has 0 N–H and O–H groups in total. The maximum absolute atomic E-state index is 10.9. The van der Waals surface area contributed by atoms with E-state index in [1.165, 1.54) is 0 Å². The molecule has 0 saturated heterocycles. The highest BCUT2D eigenvalue weighted by Gasteiger charge is 2.38. The van der Waals surface area contributed by atoms with Gasteiger partial charge >= 0.3 is 0 Å². The Morgan fingerprint density at radius 3 is 2.08 bits per heavy atom. The quantitative estimate of drug-likeness (QED) is 0.187. The van der Waals surface area contributed by atoms with Crippen LogP contribution in [-0.4, -0.2) is 20.7 Å². The minimum Gasteiger partial charge on any atom is -0.410 e. The predicted molar refractivity (Wildman–Crippen MR) is 109 cm³/mol. The topological polar surface area (TPSA) is 26.3 Å². The average Bonchev–Trinajstić information content (AvgIpc) is 2.47. The molecule has 0 bridgehead atoms. The molecule has 0 amide bonds. The first-order valence-corrected chi connectivity index (χ1v) is 11.9. The van der Waals surface area contributed by atoms with Crippen molar-refractivity contribution in [2.45, 2.75) is 77.6 Å². The van der Waals surface area contributed by atoms with E-state index in [4.69, 9.17) is 4.43 Å². The van der Waals surface area contributed by atoms with Gasteiger partial charge in [0.1, 0.15) is 6.29 Å². The molecule has 0 aromatic rings. The lowest BCUT2D eigenvalue weighted by Gasteiger charge is -2.38. The van der Waals surface area contributed by atoms with Crippen LogP contribution in [0.15, 0.2) is 48.6 Å². The van der Waals surface area contributed by atoms with Crippen molar-refractivity contribution in [2.75, 3.05) is 0 Å². The third kappa shape index (κ3) is 10.6. The zero-order valence-electron chi connectivity index (χ0n) is 16.4. The van der Waals surface area contributed by atoms with E-state index in [-0.39, 0.29) is 11.1 Å². The van der Waals surface area contributed by atoms with Crippen molar-refractivity contribution >= 4 is 14.6 Å². The molecule has 0 heterocycles. The standard InChI is InChI=1S/C21H36O2Si/c1-7-8-9-10-11-12-13-14-15-16-17-20(18-19-22)23-24(5,6)21(2,3)4/h8-9,11-12,14-17,19-20H,7,10,13,18H2,1-6H3/b9-8-,12-11-,15-14-,17-16+/t20-/m1/s1. The molecule has 0 aromatic heterocycles. The number of hydrogen-bond donors (Lipinski definition) is 0. The van der Waals surface area contributed by atoms with Crippen LogP contribution in [0.5, 0.6) is 0 Å². The van der Waals surface area contributed by atoms with E-state index >= 15 is 0 Å². The van der Waals surface area contributed by atoms with Crippen LogP contribution in [0.4, 0.5) is 0 Å². The number of carbonyl (C=O) groups excluding carboxylic acids is 1. The van der Waals surface area contributed by atoms with Crippen LogP contribution in [0.2, 0.25) is 18.1 Å². The van der Waals surface area contributed by atoms with Gasteiger partial charge in [-0.15, -0.1) is 0 Å². The maximum atomic E-state index is 10.9. The van der Waals surface area contributed by atoms with Crippen molar-refractivity contribution in [1.29, 1.82) is 0 Å². The zero-order valence-corrected chi connectivity index (χ0v) is 17.4. The summed E-state index contributed by atoms with van der Waals surface area (Å²) in [6.45, 7) is 13.2. The summed E-state index contributed by atoms with van der Waals surface area (Å²) in [5.41, 5.74) is 0. The van der Waals surface area contributed by atoms with E-state index in [0.29, 0.717) is 6.42 Å². The third-order valence-electron chi connectivity index (χ3n) is 4.27. The third-order valence-corrected chi connectivity index (χ3v) is 8.77. The fourth-order valence-corrected chi connectivity index (χ4v) is 3.06. The van der Waals surface area contributed by atoms with Gasteiger partial charge in [0.25, 0.3) is 0 Å². The highest BCUT2D eigenvalue weighted by molar-refractivity contribution is 6.74. The van der Waals surface area contributed by atoms with Crippen LogP contribution in [0, 0.1) is 0 Å². The van der Waals surface area contributed by atoms with Crippen LogP contribution in [0.1, 0.15) is 53.4 Å². The largest absolute Gasteiger partial charge is 0.410 e. The molecule has 136 valence electrons. The molecule has 0 rings (SSSR count). The summed E-state index contributed by atoms with van der Waals surface area (Å²) < 4.78 is 6.29. The number of hydrogen-bond acceptors (Lipinski definition) is 2. The highest BCUT2D eigenvalue weighted by atomic mass is 28.4. The first-order valence-electron chi connectivity index (χ1n) is 8.99. The summed E-state index contributed by atoms with van der Waals surface area (Å²) in [5, 5.41) is 0.148. The molecule has 3 heteroatoms. The lowest BCUT2D eigenvalue weighted by atomic mass is 10.2. The van der Waals surface area contributed by atoms with Gasteiger partial charge in [-0.1, -0.05) is 76.3 Å². The van der Waals surface area contributed by atoms with Crippen molar-refractivity contribution < 1.29 is 9.22 Å². The summed E-state index contributed by atoms with van der Waals surface area (Å²) in [5.74, 6) is 0. The molecule has 0 aliphatic rings. The van der Waals surface area contributed by atoms with E-state index in [2.05, 4.69) is 71.2 Å². The molecule has 0 unspecified atom stereocenters. The zero-order chi connectivity index (χ0) is 18.5. The molecule has 0 aliphatic heterocycles. The van der Waals surface area contributed by atoms with Crippen molar-refractivity contribution in [2.24, 2.45) is 0 Å². The second-order valence-corrected chi connectivity index (χ2v) is 12.2. The minimum atomic E-state index is -1.85. The minimum absolute atomic E-state index is 0.122. The van der Waals surface area contributed by atoms with Gasteiger partial charge < -0.3 is 9.22 Å². The molecule has 0 aromatic carbocycles. The Hall–Kier alpha value is -1.19. The van der Waals surface area contributed by atoms with Gasteiger partial charge in [-0.25, -0.2) is 0 Å². The lowest BCUT2D eigenvalue weighted by Crippen LogP contribution is -2.43. The van der Waals surface area contributed by atoms with Crippen molar-refractivity contribution in [3.8, 4) is 0 Å². The van der Waals surface area contributed by atoms with Crippen LogP contribution in [0.3, 0.4) is 0 Å². The predicted octanol–water partition coefficient (Wildman–Crippen LogP) is 6.38. The summed E-state index contributed by atoms with van der Waals surface area (Å²) >= 11 is 0. The van der Waals surface area contributed by atoms with E-state index in [9.17, 15) is 4.79 Å². The fraction of sp³-hybridized carbons (Fsp3) is 0.571. The van der Waals surface area contributed by atoms with Gasteiger partial charge in [0.15, 0.2) is 8.32 Å². The molecule has 24 heavy (non-hydrogen) atoms. The highest BCUT2D eigenvalue weighted by Crippen LogP contribution is 2.37. The number of rotatable bonds is 11. The maximum Gasteiger partial charge on any atom is 0.192 e. The van der Waals surface area contributed by atoms with E-state index in [0.717, 1.165) is 25.5 Å². The van der Waals surface area contributed by atoms with Crippen LogP contribution in [-0.2, 0) is 9.22 Å². The molecule has 0 aliphatic carbocycles. The molecule has 2 nitrogen and oxygen atoms in total. The van der Waals surface area contributed by atoms with Crippen LogP contribution >= 0.6 is 0 Å². The van der Waals surface area contributed by atoms with Gasteiger partial charge in [0.2, 0.25) is 0 Å². The van der Waals surface area contributed by atoms with Crippen LogP contribution in [0.25, 0.3) is 0 Å². The molecular weight excluding hydrogens is 312 g/mol. The molecule has 0 spiro atoms. The monoisotopic (exact) mass is 348 g/mol. The molecule has 0 saturated carbocycles. The molecule has 0 fully saturated rings. The molecule has 0 radical (unpaired) electrons. The van der Waals surface area contributed by atoms with E-state index < -0.39 is 8.32 Å². The Labute approximate surface area is 150 Å². The molecular formula is C21H36O2Si. The second-order valence-electron chi connectivity index (χ2n) is 7.45. The Bertz CT molecular complexity index is 451. The van der Waals surface area contributed by atoms with Gasteiger partial charge in [0, 0.05) is 6.42 Å². The Morgan fingerprint density at radius 2 is 1.54 bits per heavy atom. The first-order chi connectivity index (χ1) is 11.2. The summed E-state index contributed by atoms with van der Waals surface area (Å²) in [4.78, 5) is 10.9. The van der Waals surface area contributed by atoms with Crippen LogP contribution < -0.4 is 0 Å². The van der Waals surface area contributed by atoms with Crippen molar-refractivity contribution in [3.05, 3.63) is 48.6 Å². The number of aldehydes is 1. The SMILES string of the molecule is CC/C=C\C/C=C\C/C=C\C=C\[C@H](CC=O)O[Si](C)(C)C(C)(C)C. The van der Waals surface area contributed by atoms with E-state index in [1.54, 1.807) is 0 Å². The van der Waals surface area contributed by atoms with Gasteiger partial charge in [-0.2, -0.15) is 0 Å². The summed E-state index contributed by atoms with van der Waals surface area (Å²) in [6, 6.07) is 0. The Kier molecular flexibility index (Phi) is 11.6. The van der Waals surface area contributed by atoms with Gasteiger partial charge in [-0.05, 0) is 37.4 Å². The van der Waals surface area contributed by atoms with E-state index in [1.807, 2.05) is 18.2 Å². The second kappa shape index (κ2) is 12.2. The Morgan fingerprint density at radius 1 is 0.958 bits per heavy atom. The summed E-state index contributed by atoms with van der Waals surface area (Å²) in [7, 11) is -1.85. The average molecular weight is 349 g/mol. The molecule has 1 atom stereocenters. The number of allylic oxidation sites excluding steroid dienone is 7. The summed E-state index contributed by atoms with van der Waals surface area (Å²) in [6.07, 6.45) is 21.1. The smallest absolute Gasteiger partial charge is 0.192 e. The Balaban J connectivity index is 4.41. The first kappa shape index (κ1) is 22.8. The van der Waals surface area contributed by atoms with Gasteiger partial charge in [0.05, 0.1) is 6.10 Å². The van der Waals surface area contributed by atoms with Crippen molar-refractivity contribution in [3.63, 3.8) is 0 Å². The van der Waals surface area contributed by atoms with Crippen molar-refractivity contribution in [1.82, 2.24) is 0 Å². The number of carbonyl (C=O) groups is 1. The normalized spacial score (nSPS) is 15.2. The van der Waals surface area contributed by atoms with Gasteiger partial charge in [-0.3, -0.25) is 0 Å². The lowest BCUT2D eigenvalue weighted by molar-refractivity contribution is -0.108.